The molecule has 2 rings (SSSR count). The zero-order valence-corrected chi connectivity index (χ0v) is 12.6. The van der Waals surface area contributed by atoms with Crippen molar-refractivity contribution in [3.05, 3.63) is 11.8 Å². The van der Waals surface area contributed by atoms with Crippen molar-refractivity contribution in [2.45, 2.75) is 46.0 Å². The van der Waals surface area contributed by atoms with Gasteiger partial charge in [-0.15, -0.1) is 0 Å². The van der Waals surface area contributed by atoms with Gasteiger partial charge in [0.15, 0.2) is 5.79 Å². The second kappa shape index (κ2) is 6.37. The Balaban J connectivity index is 1.90. The summed E-state index contributed by atoms with van der Waals surface area (Å²) in [7, 11) is 0. The Labute approximate surface area is 119 Å². The number of nitrogens with one attached hydrogen (secondary N) is 1. The molecule has 1 aliphatic rings. The summed E-state index contributed by atoms with van der Waals surface area (Å²) in [6.45, 7) is 9.64. The van der Waals surface area contributed by atoms with Crippen LogP contribution in [0.4, 0.5) is 5.95 Å². The number of hydrogen-bond acceptors (Lipinski definition) is 6. The van der Waals surface area contributed by atoms with E-state index < -0.39 is 5.79 Å². The molecule has 1 saturated heterocycles. The minimum Gasteiger partial charge on any atom is -0.478 e. The lowest BCUT2D eigenvalue weighted by molar-refractivity contribution is -0.136. The average Bonchev–Trinajstić information content (AvgIpc) is 2.73. The maximum absolute atomic E-state index is 5.72. The summed E-state index contributed by atoms with van der Waals surface area (Å²) >= 11 is 0. The SMILES string of the molecule is CCCOc1cc(C)nc(NCC2COC(C)(C)O2)n1. The molecule has 6 nitrogen and oxygen atoms in total. The van der Waals surface area contributed by atoms with Gasteiger partial charge < -0.3 is 19.5 Å². The molecule has 20 heavy (non-hydrogen) atoms. The molecular weight excluding hydrogens is 258 g/mol. The lowest BCUT2D eigenvalue weighted by atomic mass is 10.3. The Kier molecular flexibility index (Phi) is 4.77. The molecule has 0 aromatic carbocycles. The van der Waals surface area contributed by atoms with Crippen molar-refractivity contribution in [2.75, 3.05) is 25.1 Å². The lowest BCUT2D eigenvalue weighted by Gasteiger charge is -2.17. The molecule has 0 saturated carbocycles. The van der Waals surface area contributed by atoms with Crippen LogP contribution in [-0.4, -0.2) is 41.6 Å². The van der Waals surface area contributed by atoms with Gasteiger partial charge in [0.2, 0.25) is 11.8 Å². The van der Waals surface area contributed by atoms with Crippen LogP contribution in [0.1, 0.15) is 32.9 Å². The molecule has 0 bridgehead atoms. The summed E-state index contributed by atoms with van der Waals surface area (Å²) < 4.78 is 16.8. The first-order valence-corrected chi connectivity index (χ1v) is 7.02. The molecule has 112 valence electrons. The second-order valence-electron chi connectivity index (χ2n) is 5.35. The fourth-order valence-electron chi connectivity index (χ4n) is 1.97. The van der Waals surface area contributed by atoms with E-state index in [2.05, 4.69) is 22.2 Å². The second-order valence-corrected chi connectivity index (χ2v) is 5.35. The van der Waals surface area contributed by atoms with E-state index in [0.717, 1.165) is 12.1 Å². The Morgan fingerprint density at radius 2 is 2.25 bits per heavy atom. The van der Waals surface area contributed by atoms with Crippen molar-refractivity contribution in [1.82, 2.24) is 9.97 Å². The van der Waals surface area contributed by atoms with E-state index in [4.69, 9.17) is 14.2 Å². The van der Waals surface area contributed by atoms with Gasteiger partial charge in [-0.3, -0.25) is 0 Å². The van der Waals surface area contributed by atoms with Crippen LogP contribution in [0.25, 0.3) is 0 Å². The Bertz CT molecular complexity index is 451. The fraction of sp³-hybridized carbons (Fsp3) is 0.714. The van der Waals surface area contributed by atoms with E-state index in [9.17, 15) is 0 Å². The summed E-state index contributed by atoms with van der Waals surface area (Å²) in [5.74, 6) is 0.657. The molecule has 1 aromatic heterocycles. The number of ether oxygens (including phenoxy) is 3. The van der Waals surface area contributed by atoms with Crippen molar-refractivity contribution in [3.63, 3.8) is 0 Å². The summed E-state index contributed by atoms with van der Waals surface area (Å²) in [5, 5.41) is 3.17. The van der Waals surface area contributed by atoms with Crippen LogP contribution in [0.15, 0.2) is 6.07 Å². The summed E-state index contributed by atoms with van der Waals surface area (Å²) in [5.41, 5.74) is 0.873. The molecule has 1 fully saturated rings. The van der Waals surface area contributed by atoms with Crippen LogP contribution in [0.5, 0.6) is 5.88 Å². The monoisotopic (exact) mass is 281 g/mol. The highest BCUT2D eigenvalue weighted by atomic mass is 16.7. The van der Waals surface area contributed by atoms with Crippen LogP contribution in [0, 0.1) is 6.92 Å². The molecule has 1 unspecified atom stereocenters. The molecule has 0 radical (unpaired) electrons. The molecule has 0 spiro atoms. The Hall–Kier alpha value is -1.40. The van der Waals surface area contributed by atoms with E-state index in [1.165, 1.54) is 0 Å². The molecular formula is C14H23N3O3. The number of aromatic nitrogens is 2. The van der Waals surface area contributed by atoms with Gasteiger partial charge >= 0.3 is 0 Å². The molecule has 1 atom stereocenters. The summed E-state index contributed by atoms with van der Waals surface area (Å²) in [4.78, 5) is 8.67. The average molecular weight is 281 g/mol. The van der Waals surface area contributed by atoms with Crippen molar-refractivity contribution in [2.24, 2.45) is 0 Å². The van der Waals surface area contributed by atoms with Crippen LogP contribution < -0.4 is 10.1 Å². The number of rotatable bonds is 6. The van der Waals surface area contributed by atoms with Crippen molar-refractivity contribution >= 4 is 5.95 Å². The summed E-state index contributed by atoms with van der Waals surface area (Å²) in [6, 6.07) is 1.83. The molecule has 0 aliphatic carbocycles. The van der Waals surface area contributed by atoms with Gasteiger partial charge in [-0.25, -0.2) is 4.98 Å². The van der Waals surface area contributed by atoms with Crippen LogP contribution in [-0.2, 0) is 9.47 Å². The quantitative estimate of drug-likeness (QED) is 0.861. The number of hydrogen-bond donors (Lipinski definition) is 1. The number of anilines is 1. The number of aryl methyl sites for hydroxylation is 1. The molecule has 1 N–H and O–H groups in total. The van der Waals surface area contributed by atoms with E-state index in [1.54, 1.807) is 0 Å². The standard InChI is InChI=1S/C14H23N3O3/c1-5-6-18-12-7-10(2)16-13(17-12)15-8-11-9-19-14(3,4)20-11/h7,11H,5-6,8-9H2,1-4H3,(H,15,16,17). The predicted molar refractivity (Wildman–Crippen MR) is 75.9 cm³/mol. The first-order valence-electron chi connectivity index (χ1n) is 7.02. The highest BCUT2D eigenvalue weighted by Gasteiger charge is 2.32. The van der Waals surface area contributed by atoms with E-state index in [1.807, 2.05) is 26.8 Å². The molecule has 6 heteroatoms. The largest absolute Gasteiger partial charge is 0.478 e. The minimum absolute atomic E-state index is 0.00845. The highest BCUT2D eigenvalue weighted by Crippen LogP contribution is 2.22. The summed E-state index contributed by atoms with van der Waals surface area (Å²) in [6.07, 6.45) is 0.961. The van der Waals surface area contributed by atoms with Crippen molar-refractivity contribution in [1.29, 1.82) is 0 Å². The first kappa shape index (κ1) is 15.0. The number of nitrogens with zero attached hydrogens (tertiary/aromatic N) is 2. The van der Waals surface area contributed by atoms with Gasteiger partial charge in [0.1, 0.15) is 6.10 Å². The van der Waals surface area contributed by atoms with Gasteiger partial charge in [-0.05, 0) is 27.2 Å². The van der Waals surface area contributed by atoms with E-state index in [0.29, 0.717) is 31.6 Å². The zero-order chi connectivity index (χ0) is 14.6. The smallest absolute Gasteiger partial charge is 0.226 e. The fourth-order valence-corrected chi connectivity index (χ4v) is 1.97. The Morgan fingerprint density at radius 3 is 2.90 bits per heavy atom. The van der Waals surface area contributed by atoms with Gasteiger partial charge in [-0.1, -0.05) is 6.92 Å². The van der Waals surface area contributed by atoms with Crippen LogP contribution >= 0.6 is 0 Å². The normalized spacial score (nSPS) is 20.9. The van der Waals surface area contributed by atoms with Crippen molar-refractivity contribution in [3.8, 4) is 5.88 Å². The molecule has 1 aromatic rings. The maximum atomic E-state index is 5.72. The van der Waals surface area contributed by atoms with Gasteiger partial charge in [0.25, 0.3) is 0 Å². The lowest BCUT2D eigenvalue weighted by Crippen LogP contribution is -2.26. The predicted octanol–water partition coefficient (Wildman–Crippen LogP) is 2.14. The van der Waals surface area contributed by atoms with Gasteiger partial charge in [0, 0.05) is 18.3 Å². The van der Waals surface area contributed by atoms with Crippen molar-refractivity contribution < 1.29 is 14.2 Å². The highest BCUT2D eigenvalue weighted by molar-refractivity contribution is 5.30. The van der Waals surface area contributed by atoms with E-state index in [-0.39, 0.29) is 6.10 Å². The zero-order valence-electron chi connectivity index (χ0n) is 12.6. The van der Waals surface area contributed by atoms with Gasteiger partial charge in [-0.2, -0.15) is 4.98 Å². The first-order chi connectivity index (χ1) is 9.48. The van der Waals surface area contributed by atoms with Gasteiger partial charge in [0.05, 0.1) is 13.2 Å². The third-order valence-corrected chi connectivity index (χ3v) is 2.84. The topological polar surface area (TPSA) is 65.5 Å². The van der Waals surface area contributed by atoms with Crippen LogP contribution in [0.2, 0.25) is 0 Å². The minimum atomic E-state index is -0.505. The van der Waals surface area contributed by atoms with Crippen LogP contribution in [0.3, 0.4) is 0 Å². The molecule has 0 amide bonds. The Morgan fingerprint density at radius 1 is 1.45 bits per heavy atom. The third-order valence-electron chi connectivity index (χ3n) is 2.84. The molecule has 2 heterocycles. The molecule has 1 aliphatic heterocycles. The maximum Gasteiger partial charge on any atom is 0.226 e. The van der Waals surface area contributed by atoms with E-state index >= 15 is 0 Å². The third kappa shape index (κ3) is 4.31.